The number of unbranched alkanes of at least 4 members (excludes halogenated alkanes) is 8. The van der Waals surface area contributed by atoms with Gasteiger partial charge in [-0.2, -0.15) is 0 Å². The first-order valence-corrected chi connectivity index (χ1v) is 13.0. The van der Waals surface area contributed by atoms with E-state index in [2.05, 4.69) is 6.92 Å². The van der Waals surface area contributed by atoms with Crippen LogP contribution in [0.5, 0.6) is 23.0 Å². The van der Waals surface area contributed by atoms with Crippen molar-refractivity contribution in [2.75, 3.05) is 0 Å². The summed E-state index contributed by atoms with van der Waals surface area (Å²) >= 11 is 0. The normalized spacial score (nSPS) is 14.6. The minimum absolute atomic E-state index is 0.141. The van der Waals surface area contributed by atoms with Gasteiger partial charge in [0.1, 0.15) is 29.1 Å². The number of phenolic OH excluding ortho intramolecular Hbond substituents is 1. The number of ether oxygens (including phenoxy) is 3. The monoisotopic (exact) mass is 482 g/mol. The van der Waals surface area contributed by atoms with Gasteiger partial charge in [0.15, 0.2) is 0 Å². The van der Waals surface area contributed by atoms with Crippen LogP contribution in [0.3, 0.4) is 0 Å². The lowest BCUT2D eigenvalue weighted by atomic mass is 9.96. The fraction of sp³-hybridized carbons (Fsp3) is 0.517. The Morgan fingerprint density at radius 1 is 0.943 bits per heavy atom. The molecule has 1 unspecified atom stereocenters. The second-order valence-corrected chi connectivity index (χ2v) is 9.28. The highest BCUT2D eigenvalue weighted by Gasteiger charge is 2.26. The van der Waals surface area contributed by atoms with Crippen molar-refractivity contribution < 1.29 is 28.9 Å². The highest BCUT2D eigenvalue weighted by molar-refractivity contribution is 5.74. The lowest BCUT2D eigenvalue weighted by Crippen LogP contribution is -2.17. The molecule has 190 valence electrons. The summed E-state index contributed by atoms with van der Waals surface area (Å²) in [7, 11) is 0. The molecule has 0 radical (unpaired) electrons. The zero-order valence-electron chi connectivity index (χ0n) is 21.0. The third kappa shape index (κ3) is 8.61. The summed E-state index contributed by atoms with van der Waals surface area (Å²) in [5.41, 5.74) is 1.75. The molecule has 6 nitrogen and oxygen atoms in total. The fourth-order valence-electron chi connectivity index (χ4n) is 4.43. The molecule has 0 fully saturated rings. The van der Waals surface area contributed by atoms with Crippen molar-refractivity contribution in [3.8, 4) is 23.0 Å². The van der Waals surface area contributed by atoms with Crippen LogP contribution in [-0.4, -0.2) is 17.0 Å². The maximum absolute atomic E-state index is 12.6. The minimum Gasteiger partial charge on any atom is -0.508 e. The van der Waals surface area contributed by atoms with E-state index in [4.69, 9.17) is 14.2 Å². The third-order valence-corrected chi connectivity index (χ3v) is 6.30. The minimum atomic E-state index is -0.442. The highest BCUT2D eigenvalue weighted by atomic mass is 16.5. The average Bonchev–Trinajstić information content (AvgIpc) is 2.82. The summed E-state index contributed by atoms with van der Waals surface area (Å²) in [5.74, 6) is 0.685. The molecule has 0 amide bonds. The first-order chi connectivity index (χ1) is 17.0. The van der Waals surface area contributed by atoms with E-state index in [0.29, 0.717) is 30.1 Å². The molecule has 2 aromatic carbocycles. The molecule has 1 atom stereocenters. The second kappa shape index (κ2) is 13.8. The van der Waals surface area contributed by atoms with Gasteiger partial charge < -0.3 is 19.3 Å². The number of aromatic hydroxyl groups is 1. The van der Waals surface area contributed by atoms with Crippen LogP contribution >= 0.6 is 0 Å². The highest BCUT2D eigenvalue weighted by Crippen LogP contribution is 2.40. The van der Waals surface area contributed by atoms with Crippen molar-refractivity contribution in [1.29, 1.82) is 0 Å². The predicted octanol–water partition coefficient (Wildman–Crippen LogP) is 7.21. The van der Waals surface area contributed by atoms with Crippen LogP contribution in [0.25, 0.3) is 0 Å². The van der Waals surface area contributed by atoms with E-state index in [-0.39, 0.29) is 17.8 Å². The summed E-state index contributed by atoms with van der Waals surface area (Å²) in [6.07, 6.45) is 12.1. The van der Waals surface area contributed by atoms with Gasteiger partial charge in [-0.05, 0) is 43.0 Å². The molecule has 0 aromatic heterocycles. The zero-order chi connectivity index (χ0) is 25.0. The summed E-state index contributed by atoms with van der Waals surface area (Å²) in [6, 6.07) is 10.1. The van der Waals surface area contributed by atoms with Crippen LogP contribution in [0.15, 0.2) is 36.4 Å². The molecular formula is C29H38O6. The molecule has 2 aromatic rings. The van der Waals surface area contributed by atoms with Crippen LogP contribution in [0.4, 0.5) is 0 Å². The van der Waals surface area contributed by atoms with Crippen molar-refractivity contribution in [3.63, 3.8) is 0 Å². The first-order valence-electron chi connectivity index (χ1n) is 13.0. The van der Waals surface area contributed by atoms with E-state index in [1.165, 1.54) is 45.4 Å². The number of hydrogen-bond donors (Lipinski definition) is 1. The molecule has 0 bridgehead atoms. The van der Waals surface area contributed by atoms with Crippen molar-refractivity contribution in [1.82, 2.24) is 0 Å². The first kappa shape index (κ1) is 26.6. The Morgan fingerprint density at radius 3 is 2.37 bits per heavy atom. The van der Waals surface area contributed by atoms with Crippen molar-refractivity contribution in [2.45, 2.75) is 97.0 Å². The van der Waals surface area contributed by atoms with Crippen LogP contribution in [-0.2, 0) is 16.0 Å². The number of phenols is 1. The van der Waals surface area contributed by atoms with E-state index in [1.807, 2.05) is 6.07 Å². The molecule has 1 aliphatic heterocycles. The van der Waals surface area contributed by atoms with Gasteiger partial charge in [-0.1, -0.05) is 64.4 Å². The van der Waals surface area contributed by atoms with E-state index >= 15 is 0 Å². The molecule has 1 heterocycles. The van der Waals surface area contributed by atoms with Gasteiger partial charge in [-0.15, -0.1) is 0 Å². The lowest BCUT2D eigenvalue weighted by Gasteiger charge is -2.27. The van der Waals surface area contributed by atoms with E-state index < -0.39 is 5.97 Å². The van der Waals surface area contributed by atoms with Gasteiger partial charge >= 0.3 is 11.9 Å². The van der Waals surface area contributed by atoms with Gasteiger partial charge in [0.25, 0.3) is 0 Å². The SMILES string of the molecule is CCCCCCCCCCCC(=O)Oc1cc(OC(C)=O)ccc1C1CCc2ccc(O)cc2O1. The van der Waals surface area contributed by atoms with E-state index in [1.54, 1.807) is 30.3 Å². The summed E-state index contributed by atoms with van der Waals surface area (Å²) < 4.78 is 17.1. The second-order valence-electron chi connectivity index (χ2n) is 9.28. The number of carbonyl (C=O) groups is 2. The lowest BCUT2D eigenvalue weighted by molar-refractivity contribution is -0.134. The number of hydrogen-bond acceptors (Lipinski definition) is 6. The third-order valence-electron chi connectivity index (χ3n) is 6.30. The van der Waals surface area contributed by atoms with E-state index in [0.717, 1.165) is 36.8 Å². The zero-order valence-corrected chi connectivity index (χ0v) is 21.0. The van der Waals surface area contributed by atoms with Crippen molar-refractivity contribution in [2.24, 2.45) is 0 Å². The summed E-state index contributed by atoms with van der Waals surface area (Å²) in [4.78, 5) is 24.1. The molecular weight excluding hydrogens is 444 g/mol. The maximum atomic E-state index is 12.6. The molecule has 0 saturated carbocycles. The molecule has 1 N–H and O–H groups in total. The number of benzene rings is 2. The Labute approximate surface area is 208 Å². The molecule has 0 saturated heterocycles. The molecule has 0 spiro atoms. The molecule has 1 aliphatic rings. The van der Waals surface area contributed by atoms with Crippen LogP contribution in [0.2, 0.25) is 0 Å². The van der Waals surface area contributed by atoms with Gasteiger partial charge in [0.05, 0.1) is 0 Å². The maximum Gasteiger partial charge on any atom is 0.311 e. The number of rotatable bonds is 13. The summed E-state index contributed by atoms with van der Waals surface area (Å²) in [6.45, 7) is 3.55. The van der Waals surface area contributed by atoms with Gasteiger partial charge in [-0.25, -0.2) is 0 Å². The largest absolute Gasteiger partial charge is 0.508 e. The Kier molecular flexibility index (Phi) is 10.5. The number of aryl methyl sites for hydroxylation is 1. The van der Waals surface area contributed by atoms with Crippen LogP contribution < -0.4 is 14.2 Å². The number of esters is 2. The standard InChI is InChI=1S/C29H38O6/c1-3-4-5-6-7-8-9-10-11-12-29(32)35-28-20-24(33-21(2)30)16-17-25(28)26-18-14-22-13-15-23(31)19-27(22)34-26/h13,15-17,19-20,26,31H,3-12,14,18H2,1-2H3. The van der Waals surface area contributed by atoms with E-state index in [9.17, 15) is 14.7 Å². The van der Waals surface area contributed by atoms with Crippen LogP contribution in [0.1, 0.15) is 102 Å². The average molecular weight is 483 g/mol. The smallest absolute Gasteiger partial charge is 0.311 e. The predicted molar refractivity (Wildman–Crippen MR) is 135 cm³/mol. The van der Waals surface area contributed by atoms with Gasteiger partial charge in [-0.3, -0.25) is 9.59 Å². The molecule has 3 rings (SSSR count). The van der Waals surface area contributed by atoms with Crippen molar-refractivity contribution >= 4 is 11.9 Å². The summed E-state index contributed by atoms with van der Waals surface area (Å²) in [5, 5.41) is 9.83. The Bertz CT molecular complexity index is 983. The number of fused-ring (bicyclic) bond motifs is 1. The van der Waals surface area contributed by atoms with Gasteiger partial charge in [0.2, 0.25) is 0 Å². The number of carbonyl (C=O) groups excluding carboxylic acids is 2. The molecule has 35 heavy (non-hydrogen) atoms. The Morgan fingerprint density at radius 2 is 1.66 bits per heavy atom. The van der Waals surface area contributed by atoms with Crippen LogP contribution in [0, 0.1) is 0 Å². The van der Waals surface area contributed by atoms with Crippen molar-refractivity contribution in [3.05, 3.63) is 47.5 Å². The Balaban J connectivity index is 1.58. The fourth-order valence-corrected chi connectivity index (χ4v) is 4.43. The molecule has 0 aliphatic carbocycles. The quantitative estimate of drug-likeness (QED) is 0.184. The van der Waals surface area contributed by atoms with Gasteiger partial charge in [0, 0.05) is 31.0 Å². The Hall–Kier alpha value is -3.02. The topological polar surface area (TPSA) is 82.1 Å². The molecule has 6 heteroatoms.